The molecule has 0 aromatic heterocycles. The number of amides is 1. The fraction of sp³-hybridized carbons (Fsp3) is 0.462. The van der Waals surface area contributed by atoms with Crippen LogP contribution >= 0.6 is 0 Å². The normalized spacial score (nSPS) is 28.4. The number of nitrogens with zero attached hydrogens (tertiary/aromatic N) is 1. The van der Waals surface area contributed by atoms with Gasteiger partial charge in [-0.3, -0.25) is 4.79 Å². The molecule has 1 saturated heterocycles. The van der Waals surface area contributed by atoms with Crippen LogP contribution < -0.4 is 5.73 Å². The van der Waals surface area contributed by atoms with Crippen LogP contribution in [-0.4, -0.2) is 35.2 Å². The van der Waals surface area contributed by atoms with E-state index in [-0.39, 0.29) is 30.4 Å². The van der Waals surface area contributed by atoms with E-state index in [1.54, 1.807) is 12.1 Å². The molecule has 0 bridgehead atoms. The minimum atomic E-state index is -4.83. The van der Waals surface area contributed by atoms with E-state index in [1.165, 1.54) is 6.07 Å². The van der Waals surface area contributed by atoms with E-state index in [2.05, 4.69) is 0 Å². The first kappa shape index (κ1) is 13.1. The zero-order valence-corrected chi connectivity index (χ0v) is 10.4. The Balaban J connectivity index is 1.83. The average Bonchev–Trinajstić information content (AvgIpc) is 2.93. The predicted molar refractivity (Wildman–Crippen MR) is 64.9 cm³/mol. The minimum absolute atomic E-state index is 0.0396. The molecule has 2 aliphatic rings. The molecule has 1 amide bonds. The number of anilines is 1. The number of phenolic OH excluding ortho intramolecular Hbond substituents is 1. The number of rotatable bonds is 1. The van der Waals surface area contributed by atoms with Gasteiger partial charge >= 0.3 is 12.1 Å². The number of piperidine rings is 1. The van der Waals surface area contributed by atoms with E-state index >= 15 is 0 Å². The Morgan fingerprint density at radius 2 is 2.15 bits per heavy atom. The maximum atomic E-state index is 12.4. The molecule has 108 valence electrons. The Kier molecular flexibility index (Phi) is 2.49. The number of hydrogen-bond acceptors (Lipinski definition) is 3. The highest BCUT2D eigenvalue weighted by Crippen LogP contribution is 2.59. The van der Waals surface area contributed by atoms with Gasteiger partial charge in [-0.25, -0.2) is 0 Å². The van der Waals surface area contributed by atoms with E-state index in [0.29, 0.717) is 0 Å². The third kappa shape index (κ3) is 1.80. The van der Waals surface area contributed by atoms with E-state index in [4.69, 9.17) is 5.73 Å². The summed E-state index contributed by atoms with van der Waals surface area (Å²) in [7, 11) is 0. The van der Waals surface area contributed by atoms with Crippen LogP contribution in [0.1, 0.15) is 12.0 Å². The number of carbonyl (C=O) groups excluding carboxylic acids is 1. The number of carbonyl (C=O) groups is 1. The molecule has 1 aromatic rings. The van der Waals surface area contributed by atoms with Gasteiger partial charge in [0, 0.05) is 18.5 Å². The third-order valence-corrected chi connectivity index (χ3v) is 4.28. The van der Waals surface area contributed by atoms with Crippen molar-refractivity contribution in [2.45, 2.75) is 18.0 Å². The Labute approximate surface area is 113 Å². The van der Waals surface area contributed by atoms with Gasteiger partial charge in [-0.2, -0.15) is 13.2 Å². The van der Waals surface area contributed by atoms with Gasteiger partial charge < -0.3 is 15.7 Å². The lowest BCUT2D eigenvalue weighted by molar-refractivity contribution is -0.184. The van der Waals surface area contributed by atoms with E-state index in [1.807, 2.05) is 0 Å². The second-order valence-electron chi connectivity index (χ2n) is 5.51. The highest BCUT2D eigenvalue weighted by molar-refractivity contribution is 5.82. The molecule has 2 fully saturated rings. The summed E-state index contributed by atoms with van der Waals surface area (Å²) in [5, 5.41) is 9.39. The van der Waals surface area contributed by atoms with Crippen LogP contribution in [0.2, 0.25) is 0 Å². The van der Waals surface area contributed by atoms with Crippen molar-refractivity contribution < 1.29 is 23.1 Å². The molecule has 1 saturated carbocycles. The lowest BCUT2D eigenvalue weighted by Crippen LogP contribution is -2.41. The number of nitrogens with two attached hydrogens (primary N) is 1. The fourth-order valence-corrected chi connectivity index (χ4v) is 3.13. The summed E-state index contributed by atoms with van der Waals surface area (Å²) < 4.78 is 37.3. The summed E-state index contributed by atoms with van der Waals surface area (Å²) in [6.45, 7) is 0.180. The maximum absolute atomic E-state index is 12.4. The number of halogens is 3. The largest absolute Gasteiger partial charge is 0.506 e. The lowest BCUT2D eigenvalue weighted by atomic mass is 9.94. The predicted octanol–water partition coefficient (Wildman–Crippen LogP) is 1.64. The number of alkyl halides is 3. The minimum Gasteiger partial charge on any atom is -0.506 e. The van der Waals surface area contributed by atoms with Crippen LogP contribution in [0.5, 0.6) is 5.75 Å². The molecular weight excluding hydrogens is 273 g/mol. The van der Waals surface area contributed by atoms with Crippen molar-refractivity contribution >= 4 is 11.6 Å². The van der Waals surface area contributed by atoms with Gasteiger partial charge in [0.1, 0.15) is 5.75 Å². The van der Waals surface area contributed by atoms with Gasteiger partial charge in [0.2, 0.25) is 0 Å². The second kappa shape index (κ2) is 3.80. The molecule has 2 atom stereocenters. The number of phenols is 1. The van der Waals surface area contributed by atoms with Crippen LogP contribution in [0, 0.1) is 5.92 Å². The number of aromatic hydroxyl groups is 1. The molecule has 0 radical (unpaired) electrons. The summed E-state index contributed by atoms with van der Waals surface area (Å²) in [6.07, 6.45) is -4.08. The Hall–Kier alpha value is -1.92. The van der Waals surface area contributed by atoms with Crippen molar-refractivity contribution in [1.82, 2.24) is 4.90 Å². The molecule has 4 nitrogen and oxygen atoms in total. The van der Waals surface area contributed by atoms with Crippen LogP contribution in [0.15, 0.2) is 18.2 Å². The summed E-state index contributed by atoms with van der Waals surface area (Å²) >= 11 is 0. The number of nitrogen functional groups attached to an aromatic ring is 1. The van der Waals surface area contributed by atoms with Gasteiger partial charge in [-0.1, -0.05) is 6.07 Å². The van der Waals surface area contributed by atoms with Crippen LogP contribution in [0.25, 0.3) is 0 Å². The van der Waals surface area contributed by atoms with E-state index < -0.39 is 17.5 Å². The highest BCUT2D eigenvalue weighted by atomic mass is 19.4. The molecule has 1 aliphatic carbocycles. The zero-order chi connectivity index (χ0) is 14.7. The first-order valence-electron chi connectivity index (χ1n) is 6.19. The number of benzene rings is 1. The fourth-order valence-electron chi connectivity index (χ4n) is 3.13. The molecule has 20 heavy (non-hydrogen) atoms. The van der Waals surface area contributed by atoms with Crippen LogP contribution in [0.3, 0.4) is 0 Å². The molecule has 0 spiro atoms. The zero-order valence-electron chi connectivity index (χ0n) is 10.4. The molecule has 0 unspecified atom stereocenters. The molecule has 3 rings (SSSR count). The van der Waals surface area contributed by atoms with Crippen molar-refractivity contribution in [3.05, 3.63) is 23.8 Å². The van der Waals surface area contributed by atoms with Crippen molar-refractivity contribution in [2.75, 3.05) is 18.8 Å². The summed E-state index contributed by atoms with van der Waals surface area (Å²) in [5.74, 6) is -1.79. The Bertz CT molecular complexity index is 587. The summed E-state index contributed by atoms with van der Waals surface area (Å²) in [4.78, 5) is 12.1. The van der Waals surface area contributed by atoms with Crippen molar-refractivity contribution in [3.63, 3.8) is 0 Å². The topological polar surface area (TPSA) is 66.6 Å². The van der Waals surface area contributed by atoms with Gasteiger partial charge in [-0.05, 0) is 30.0 Å². The molecular formula is C13H13F3N2O2. The average molecular weight is 286 g/mol. The number of likely N-dealkylation sites (tertiary alicyclic amines) is 1. The van der Waals surface area contributed by atoms with Crippen molar-refractivity contribution in [2.24, 2.45) is 5.92 Å². The van der Waals surface area contributed by atoms with E-state index in [9.17, 15) is 23.1 Å². The molecule has 3 N–H and O–H groups in total. The van der Waals surface area contributed by atoms with Gasteiger partial charge in [-0.15, -0.1) is 0 Å². The Morgan fingerprint density at radius 3 is 2.75 bits per heavy atom. The third-order valence-electron chi connectivity index (χ3n) is 4.28. The summed E-state index contributed by atoms with van der Waals surface area (Å²) in [5.41, 5.74) is 6.18. The SMILES string of the molecule is Nc1cc([C@@]23C[C@@H]2CN(C(=O)C(F)(F)F)C3)ccc1O. The van der Waals surface area contributed by atoms with Gasteiger partial charge in [0.25, 0.3) is 0 Å². The molecule has 1 aromatic carbocycles. The van der Waals surface area contributed by atoms with Gasteiger partial charge in [0.05, 0.1) is 5.69 Å². The summed E-state index contributed by atoms with van der Waals surface area (Å²) in [6, 6.07) is 4.67. The number of hydrogen-bond donors (Lipinski definition) is 2. The Morgan fingerprint density at radius 1 is 1.45 bits per heavy atom. The van der Waals surface area contributed by atoms with Crippen molar-refractivity contribution in [1.29, 1.82) is 0 Å². The molecule has 7 heteroatoms. The van der Waals surface area contributed by atoms with E-state index in [0.717, 1.165) is 16.9 Å². The monoisotopic (exact) mass is 286 g/mol. The van der Waals surface area contributed by atoms with Crippen LogP contribution in [-0.2, 0) is 10.2 Å². The smallest absolute Gasteiger partial charge is 0.471 e. The standard InChI is InChI=1S/C13H13F3N2O2/c14-13(15,16)11(20)18-5-8-4-12(8,6-18)7-1-2-10(19)9(17)3-7/h1-3,8,19H,4-6,17H2/t8-,12+/m1/s1. The number of fused-ring (bicyclic) bond motifs is 1. The maximum Gasteiger partial charge on any atom is 0.471 e. The highest BCUT2D eigenvalue weighted by Gasteiger charge is 2.63. The van der Waals surface area contributed by atoms with Crippen LogP contribution in [0.4, 0.5) is 18.9 Å². The molecule has 1 heterocycles. The first-order valence-corrected chi connectivity index (χ1v) is 6.19. The molecule has 1 aliphatic heterocycles. The van der Waals surface area contributed by atoms with Crippen molar-refractivity contribution in [3.8, 4) is 5.75 Å². The quantitative estimate of drug-likeness (QED) is 0.609. The van der Waals surface area contributed by atoms with Gasteiger partial charge in [0.15, 0.2) is 0 Å². The second-order valence-corrected chi connectivity index (χ2v) is 5.51. The lowest BCUT2D eigenvalue weighted by Gasteiger charge is -2.22. The first-order chi connectivity index (χ1) is 9.24.